The van der Waals surface area contributed by atoms with Crippen LogP contribution < -0.4 is 26.3 Å². The highest BCUT2D eigenvalue weighted by atomic mass is 16.7. The molecule has 2 heterocycles. The number of carbonyl (C=O) groups excluding carboxylic acids is 1. The Morgan fingerprint density at radius 2 is 1.97 bits per heavy atom. The number of furan rings is 1. The van der Waals surface area contributed by atoms with Crippen LogP contribution in [0.1, 0.15) is 53.3 Å². The Hall–Kier alpha value is -3.49. The van der Waals surface area contributed by atoms with Gasteiger partial charge in [0.2, 0.25) is 12.8 Å². The third-order valence-corrected chi connectivity index (χ3v) is 5.18. The summed E-state index contributed by atoms with van der Waals surface area (Å²) in [6.07, 6.45) is 1.37. The first kappa shape index (κ1) is 19.8. The van der Waals surface area contributed by atoms with Gasteiger partial charge in [0.1, 0.15) is 5.76 Å². The molecule has 0 spiro atoms. The number of nitrogens with zero attached hydrogens (tertiary/aromatic N) is 2. The van der Waals surface area contributed by atoms with Crippen LogP contribution in [-0.2, 0) is 13.0 Å². The van der Waals surface area contributed by atoms with Gasteiger partial charge < -0.3 is 30.7 Å². The van der Waals surface area contributed by atoms with Crippen LogP contribution in [-0.4, -0.2) is 24.4 Å². The second-order valence-corrected chi connectivity index (χ2v) is 8.31. The van der Waals surface area contributed by atoms with Crippen LogP contribution in [0.15, 0.2) is 32.8 Å². The van der Waals surface area contributed by atoms with Crippen LogP contribution in [0.4, 0.5) is 0 Å². The lowest BCUT2D eigenvalue weighted by atomic mass is 9.75. The number of hydrogen-bond acceptors (Lipinski definition) is 6. The smallest absolute Gasteiger partial charge is 0.287 e. The van der Waals surface area contributed by atoms with E-state index in [1.165, 1.54) is 0 Å². The normalized spacial score (nSPS) is 17.5. The van der Waals surface area contributed by atoms with Gasteiger partial charge in [-0.3, -0.25) is 4.79 Å². The Bertz CT molecular complexity index is 1060. The standard InChI is InChI=1S/C21H25N5O4/c1-11-17-13(25-26-20(22)23)7-21(2,3)8-16(17)30-18(11)19(27)24-9-12-4-5-14-15(6-12)29-10-28-14/h4-6H,7-10H2,1-3H3,(H,24,27)(H4,22,23,26)/b25-13-. The second-order valence-electron chi connectivity index (χ2n) is 8.31. The first-order valence-corrected chi connectivity index (χ1v) is 9.68. The fourth-order valence-corrected chi connectivity index (χ4v) is 3.85. The zero-order valence-electron chi connectivity index (χ0n) is 17.2. The number of benzene rings is 1. The van der Waals surface area contributed by atoms with Gasteiger partial charge in [0.15, 0.2) is 17.3 Å². The molecule has 1 aliphatic carbocycles. The van der Waals surface area contributed by atoms with Gasteiger partial charge in [-0.15, -0.1) is 5.10 Å². The molecule has 1 aromatic carbocycles. The maximum absolute atomic E-state index is 12.9. The fraction of sp³-hybridized carbons (Fsp3) is 0.381. The summed E-state index contributed by atoms with van der Waals surface area (Å²) in [6.45, 7) is 6.61. The van der Waals surface area contributed by atoms with E-state index in [0.29, 0.717) is 36.6 Å². The number of nitrogens with one attached hydrogen (secondary N) is 1. The third kappa shape index (κ3) is 3.83. The molecule has 2 aromatic rings. The monoisotopic (exact) mass is 411 g/mol. The lowest BCUT2D eigenvalue weighted by Crippen LogP contribution is -2.27. The van der Waals surface area contributed by atoms with Crippen molar-refractivity contribution >= 4 is 17.6 Å². The second kappa shape index (κ2) is 7.40. The summed E-state index contributed by atoms with van der Waals surface area (Å²) in [5.74, 6) is 1.97. The van der Waals surface area contributed by atoms with Gasteiger partial charge in [0.25, 0.3) is 5.91 Å². The van der Waals surface area contributed by atoms with E-state index in [2.05, 4.69) is 29.4 Å². The molecule has 0 radical (unpaired) electrons. The highest BCUT2D eigenvalue weighted by Crippen LogP contribution is 2.39. The molecule has 0 saturated heterocycles. The molecule has 4 rings (SSSR count). The van der Waals surface area contributed by atoms with E-state index in [-0.39, 0.29) is 29.8 Å². The van der Waals surface area contributed by atoms with Gasteiger partial charge in [-0.2, -0.15) is 5.10 Å². The molecule has 0 fully saturated rings. The Balaban J connectivity index is 1.57. The summed E-state index contributed by atoms with van der Waals surface area (Å²) in [4.78, 5) is 12.9. The Kier molecular flexibility index (Phi) is 4.89. The van der Waals surface area contributed by atoms with Gasteiger partial charge in [-0.05, 0) is 36.5 Å². The van der Waals surface area contributed by atoms with E-state index >= 15 is 0 Å². The van der Waals surface area contributed by atoms with Gasteiger partial charge >= 0.3 is 0 Å². The van der Waals surface area contributed by atoms with Crippen molar-refractivity contribution < 1.29 is 18.7 Å². The Morgan fingerprint density at radius 1 is 1.20 bits per heavy atom. The molecule has 9 heteroatoms. The number of amides is 1. The number of rotatable bonds is 4. The minimum Gasteiger partial charge on any atom is -0.455 e. The van der Waals surface area contributed by atoms with Crippen LogP contribution in [0.25, 0.3) is 0 Å². The van der Waals surface area contributed by atoms with Crippen molar-refractivity contribution in [2.45, 2.75) is 40.2 Å². The molecule has 1 aromatic heterocycles. The number of fused-ring (bicyclic) bond motifs is 2. The third-order valence-electron chi connectivity index (χ3n) is 5.18. The highest BCUT2D eigenvalue weighted by Gasteiger charge is 2.36. The van der Waals surface area contributed by atoms with Crippen molar-refractivity contribution in [3.05, 3.63) is 46.4 Å². The lowest BCUT2D eigenvalue weighted by Gasteiger charge is -2.29. The van der Waals surface area contributed by atoms with Gasteiger partial charge in [-0.25, -0.2) is 0 Å². The minimum atomic E-state index is -0.293. The first-order valence-electron chi connectivity index (χ1n) is 9.68. The molecule has 5 N–H and O–H groups in total. The first-order chi connectivity index (χ1) is 14.2. The number of hydrogen-bond donors (Lipinski definition) is 3. The summed E-state index contributed by atoms with van der Waals surface area (Å²) >= 11 is 0. The van der Waals surface area contributed by atoms with E-state index < -0.39 is 0 Å². The lowest BCUT2D eigenvalue weighted by molar-refractivity contribution is 0.0919. The molecule has 0 unspecified atom stereocenters. The van der Waals surface area contributed by atoms with Gasteiger partial charge in [0, 0.05) is 24.1 Å². The van der Waals surface area contributed by atoms with Crippen molar-refractivity contribution in [1.29, 1.82) is 0 Å². The van der Waals surface area contributed by atoms with E-state index in [0.717, 1.165) is 22.5 Å². The zero-order valence-corrected chi connectivity index (χ0v) is 17.2. The molecular formula is C21H25N5O4. The Morgan fingerprint density at radius 3 is 2.73 bits per heavy atom. The molecule has 0 atom stereocenters. The summed E-state index contributed by atoms with van der Waals surface area (Å²) in [6, 6.07) is 5.57. The molecule has 1 amide bonds. The SMILES string of the molecule is Cc1c(C(=O)NCc2ccc3c(c2)OCO3)oc2c1/C(=N\N=C(N)N)CC(C)(C)C2. The average molecular weight is 411 g/mol. The molecule has 0 bridgehead atoms. The average Bonchev–Trinajstić information content (AvgIpc) is 3.27. The van der Waals surface area contributed by atoms with E-state index in [9.17, 15) is 4.79 Å². The van der Waals surface area contributed by atoms with Crippen molar-refractivity contribution in [2.24, 2.45) is 27.1 Å². The maximum atomic E-state index is 12.9. The number of nitrogens with two attached hydrogens (primary N) is 2. The largest absolute Gasteiger partial charge is 0.455 e. The van der Waals surface area contributed by atoms with E-state index in [4.69, 9.17) is 25.4 Å². The predicted octanol–water partition coefficient (Wildman–Crippen LogP) is 2.20. The van der Waals surface area contributed by atoms with Gasteiger partial charge in [-0.1, -0.05) is 19.9 Å². The van der Waals surface area contributed by atoms with Gasteiger partial charge in [0.05, 0.1) is 5.71 Å². The number of carbonyl (C=O) groups is 1. The van der Waals surface area contributed by atoms with Crippen LogP contribution in [0.3, 0.4) is 0 Å². The maximum Gasteiger partial charge on any atom is 0.287 e. The minimum absolute atomic E-state index is 0.0881. The molecule has 9 nitrogen and oxygen atoms in total. The van der Waals surface area contributed by atoms with Crippen LogP contribution in [0.2, 0.25) is 0 Å². The summed E-state index contributed by atoms with van der Waals surface area (Å²) in [5.41, 5.74) is 13.9. The van der Waals surface area contributed by atoms with Crippen molar-refractivity contribution in [3.63, 3.8) is 0 Å². The number of ether oxygens (including phenoxy) is 2. The zero-order chi connectivity index (χ0) is 21.5. The highest BCUT2D eigenvalue weighted by molar-refractivity contribution is 6.07. The quantitative estimate of drug-likeness (QED) is 0.401. The molecular weight excluding hydrogens is 386 g/mol. The topological polar surface area (TPSA) is 137 Å². The van der Waals surface area contributed by atoms with Crippen molar-refractivity contribution in [1.82, 2.24) is 5.32 Å². The molecule has 2 aliphatic rings. The summed E-state index contributed by atoms with van der Waals surface area (Å²) in [7, 11) is 0. The Labute approximate surface area is 174 Å². The molecule has 0 saturated carbocycles. The van der Waals surface area contributed by atoms with Crippen LogP contribution >= 0.6 is 0 Å². The van der Waals surface area contributed by atoms with Crippen LogP contribution in [0, 0.1) is 12.3 Å². The predicted molar refractivity (Wildman–Crippen MR) is 112 cm³/mol. The molecule has 30 heavy (non-hydrogen) atoms. The number of guanidine groups is 1. The fourth-order valence-electron chi connectivity index (χ4n) is 3.85. The van der Waals surface area contributed by atoms with Crippen molar-refractivity contribution in [3.8, 4) is 11.5 Å². The summed E-state index contributed by atoms with van der Waals surface area (Å²) < 4.78 is 16.7. The van der Waals surface area contributed by atoms with Crippen LogP contribution in [0.5, 0.6) is 11.5 Å². The van der Waals surface area contributed by atoms with E-state index in [1.807, 2.05) is 25.1 Å². The summed E-state index contributed by atoms with van der Waals surface area (Å²) in [5, 5.41) is 10.9. The molecule has 158 valence electrons. The van der Waals surface area contributed by atoms with E-state index in [1.54, 1.807) is 0 Å². The molecule has 1 aliphatic heterocycles. The van der Waals surface area contributed by atoms with Crippen molar-refractivity contribution in [2.75, 3.05) is 6.79 Å².